The van der Waals surface area contributed by atoms with Crippen LogP contribution >= 0.6 is 0 Å². The molecule has 0 bridgehead atoms. The number of rotatable bonds is 3. The fourth-order valence-corrected chi connectivity index (χ4v) is 0.278. The lowest BCUT2D eigenvalue weighted by Crippen LogP contribution is -1.72. The highest BCUT2D eigenvalue weighted by Gasteiger charge is 1.66. The zero-order valence-electron chi connectivity index (χ0n) is 4.72. The summed E-state index contributed by atoms with van der Waals surface area (Å²) in [6.07, 6.45) is 4.53. The van der Waals surface area contributed by atoms with Gasteiger partial charge in [0, 0.05) is 12.8 Å². The zero-order valence-corrected chi connectivity index (χ0v) is 4.72. The molecule has 0 aromatic rings. The fraction of sp³-hybridized carbons (Fsp3) is 0.500. The van der Waals surface area contributed by atoms with E-state index in [2.05, 4.69) is 18.5 Å². The Morgan fingerprint density at radius 1 is 1.71 bits per heavy atom. The minimum absolute atomic E-state index is 0.923. The van der Waals surface area contributed by atoms with Gasteiger partial charge < -0.3 is 0 Å². The maximum Gasteiger partial charge on any atom is 0.0386 e. The smallest absolute Gasteiger partial charge is 0.0386 e. The summed E-state index contributed by atoms with van der Waals surface area (Å²) in [7, 11) is 0. The number of aliphatic imine (C=N–C) groups is 1. The predicted octanol–water partition coefficient (Wildman–Crippen LogP) is 1.65. The van der Waals surface area contributed by atoms with Gasteiger partial charge in [0.1, 0.15) is 0 Å². The normalized spacial score (nSPS) is 9.86. The lowest BCUT2D eigenvalue weighted by atomic mass is 10.5. The van der Waals surface area contributed by atoms with E-state index >= 15 is 0 Å². The molecule has 0 fully saturated rings. The van der Waals surface area contributed by atoms with Crippen molar-refractivity contribution >= 4 is 6.21 Å². The van der Waals surface area contributed by atoms with Crippen molar-refractivity contribution in [1.82, 2.24) is 0 Å². The maximum absolute atomic E-state index is 3.97. The van der Waals surface area contributed by atoms with Gasteiger partial charge in [0.2, 0.25) is 0 Å². The third-order valence-corrected chi connectivity index (χ3v) is 0.564. The first-order chi connectivity index (χ1) is 3.41. The van der Waals surface area contributed by atoms with Crippen LogP contribution in [0.5, 0.6) is 0 Å². The third-order valence-electron chi connectivity index (χ3n) is 0.564. The summed E-state index contributed by atoms with van der Waals surface area (Å²) in [5.74, 6) is 0. The third kappa shape index (κ3) is 5.41. The summed E-state index contributed by atoms with van der Waals surface area (Å²) in [4.78, 5) is 3.97. The van der Waals surface area contributed by atoms with Crippen LogP contribution in [0.15, 0.2) is 17.6 Å². The molecule has 0 unspecified atom stereocenters. The molecular weight excluding hydrogens is 86.1 g/mol. The molecule has 40 valence electrons. The highest BCUT2D eigenvalue weighted by atomic mass is 14.7. The van der Waals surface area contributed by atoms with Crippen LogP contribution in [0.2, 0.25) is 0 Å². The molecule has 0 aliphatic carbocycles. The average molecular weight is 97.2 g/mol. The zero-order chi connectivity index (χ0) is 5.54. The molecular formula is C6H11N. The van der Waals surface area contributed by atoms with E-state index < -0.39 is 0 Å². The van der Waals surface area contributed by atoms with Gasteiger partial charge in [-0.15, -0.1) is 0 Å². The summed E-state index contributed by atoms with van der Waals surface area (Å²) >= 11 is 0. The highest BCUT2D eigenvalue weighted by Crippen LogP contribution is 1.73. The maximum atomic E-state index is 3.97. The first-order valence-corrected chi connectivity index (χ1v) is 2.52. The predicted molar refractivity (Wildman–Crippen MR) is 33.8 cm³/mol. The van der Waals surface area contributed by atoms with Crippen molar-refractivity contribution in [2.24, 2.45) is 4.99 Å². The van der Waals surface area contributed by atoms with Gasteiger partial charge in [0.25, 0.3) is 0 Å². The number of hydrogen-bond donors (Lipinski definition) is 0. The molecule has 1 heteroatoms. The largest absolute Gasteiger partial charge is 0.293 e. The van der Waals surface area contributed by atoms with Crippen LogP contribution in [0, 0.1) is 0 Å². The molecule has 0 spiro atoms. The van der Waals surface area contributed by atoms with Gasteiger partial charge in [-0.2, -0.15) is 0 Å². The van der Waals surface area contributed by atoms with Crippen molar-refractivity contribution in [1.29, 1.82) is 0 Å². The quantitative estimate of drug-likeness (QED) is 0.475. The fourth-order valence-electron chi connectivity index (χ4n) is 0.278. The van der Waals surface area contributed by atoms with Crippen LogP contribution in [0.1, 0.15) is 13.3 Å². The summed E-state index contributed by atoms with van der Waals surface area (Å²) in [6, 6.07) is 0. The molecule has 0 aromatic carbocycles. The van der Waals surface area contributed by atoms with E-state index in [1.165, 1.54) is 0 Å². The summed E-state index contributed by atoms with van der Waals surface area (Å²) in [5.41, 5.74) is 0. The van der Waals surface area contributed by atoms with Gasteiger partial charge in [0.15, 0.2) is 0 Å². The van der Waals surface area contributed by atoms with E-state index in [1.54, 1.807) is 12.3 Å². The average Bonchev–Trinajstić information content (AvgIpc) is 1.69. The first kappa shape index (κ1) is 6.41. The van der Waals surface area contributed by atoms with Crippen LogP contribution in [-0.2, 0) is 0 Å². The van der Waals surface area contributed by atoms with E-state index in [-0.39, 0.29) is 0 Å². The second-order valence-corrected chi connectivity index (χ2v) is 1.29. The molecule has 0 radical (unpaired) electrons. The standard InChI is InChI=1S/C6H11N/c1-3-5-7-6-4-2/h3,5H,1,4,6H2,2H3. The molecule has 7 heavy (non-hydrogen) atoms. The van der Waals surface area contributed by atoms with Crippen LogP contribution < -0.4 is 0 Å². The Labute approximate surface area is 44.8 Å². The monoisotopic (exact) mass is 97.1 g/mol. The number of hydrogen-bond acceptors (Lipinski definition) is 1. The first-order valence-electron chi connectivity index (χ1n) is 2.52. The van der Waals surface area contributed by atoms with Gasteiger partial charge in [-0.1, -0.05) is 19.6 Å². The topological polar surface area (TPSA) is 12.4 Å². The van der Waals surface area contributed by atoms with Gasteiger partial charge in [-0.05, 0) is 6.42 Å². The van der Waals surface area contributed by atoms with Crippen molar-refractivity contribution < 1.29 is 0 Å². The summed E-state index contributed by atoms with van der Waals surface area (Å²) in [5, 5.41) is 0. The molecule has 0 N–H and O–H groups in total. The van der Waals surface area contributed by atoms with Crippen molar-refractivity contribution in [3.63, 3.8) is 0 Å². The Kier molecular flexibility index (Phi) is 4.95. The van der Waals surface area contributed by atoms with E-state index in [1.807, 2.05) is 0 Å². The summed E-state index contributed by atoms with van der Waals surface area (Å²) in [6.45, 7) is 6.50. The Hall–Kier alpha value is -0.590. The van der Waals surface area contributed by atoms with Crippen LogP contribution in [0.4, 0.5) is 0 Å². The second kappa shape index (κ2) is 5.41. The number of allylic oxidation sites excluding steroid dienone is 1. The Bertz CT molecular complexity index is 64.6. The second-order valence-electron chi connectivity index (χ2n) is 1.29. The molecule has 0 aliphatic rings. The minimum Gasteiger partial charge on any atom is -0.293 e. The van der Waals surface area contributed by atoms with E-state index in [0.29, 0.717) is 0 Å². The van der Waals surface area contributed by atoms with Gasteiger partial charge in [-0.3, -0.25) is 4.99 Å². The molecule has 0 atom stereocenters. The van der Waals surface area contributed by atoms with Crippen molar-refractivity contribution in [2.75, 3.05) is 6.54 Å². The van der Waals surface area contributed by atoms with Crippen LogP contribution in [0.25, 0.3) is 0 Å². The Morgan fingerprint density at radius 2 is 2.43 bits per heavy atom. The molecule has 0 amide bonds. The lowest BCUT2D eigenvalue weighted by Gasteiger charge is -1.78. The highest BCUT2D eigenvalue weighted by molar-refractivity contribution is 5.69. The molecule has 0 aromatic heterocycles. The van der Waals surface area contributed by atoms with Crippen molar-refractivity contribution in [3.05, 3.63) is 12.7 Å². The van der Waals surface area contributed by atoms with Gasteiger partial charge in [0.05, 0.1) is 0 Å². The van der Waals surface area contributed by atoms with Crippen LogP contribution in [-0.4, -0.2) is 12.8 Å². The van der Waals surface area contributed by atoms with Gasteiger partial charge >= 0.3 is 0 Å². The molecule has 0 heterocycles. The minimum atomic E-state index is 0.923. The molecule has 0 aliphatic heterocycles. The summed E-state index contributed by atoms with van der Waals surface area (Å²) < 4.78 is 0. The number of nitrogens with zero attached hydrogens (tertiary/aromatic N) is 1. The Balaban J connectivity index is 2.92. The van der Waals surface area contributed by atoms with E-state index in [0.717, 1.165) is 13.0 Å². The molecule has 1 nitrogen and oxygen atoms in total. The lowest BCUT2D eigenvalue weighted by molar-refractivity contribution is 0.937. The van der Waals surface area contributed by atoms with E-state index in [4.69, 9.17) is 0 Å². The molecule has 0 saturated heterocycles. The van der Waals surface area contributed by atoms with Crippen molar-refractivity contribution in [2.45, 2.75) is 13.3 Å². The molecule has 0 saturated carbocycles. The SMILES string of the molecule is C=CC=NCCC. The van der Waals surface area contributed by atoms with Crippen LogP contribution in [0.3, 0.4) is 0 Å². The Morgan fingerprint density at radius 3 is 2.86 bits per heavy atom. The van der Waals surface area contributed by atoms with Gasteiger partial charge in [-0.25, -0.2) is 0 Å². The molecule has 0 rings (SSSR count). The van der Waals surface area contributed by atoms with Crippen molar-refractivity contribution in [3.8, 4) is 0 Å². The van der Waals surface area contributed by atoms with E-state index in [9.17, 15) is 0 Å².